The third kappa shape index (κ3) is 2.11. The highest BCUT2D eigenvalue weighted by atomic mass is 16.5. The van der Waals surface area contributed by atoms with Gasteiger partial charge in [0.05, 0.1) is 12.7 Å². The van der Waals surface area contributed by atoms with Gasteiger partial charge < -0.3 is 9.84 Å². The molecule has 0 spiro atoms. The first kappa shape index (κ1) is 9.62. The first-order valence-electron chi connectivity index (χ1n) is 5.03. The first-order valence-corrected chi connectivity index (χ1v) is 5.03. The van der Waals surface area contributed by atoms with Crippen LogP contribution in [0.15, 0.2) is 24.5 Å². The molecule has 2 atom stereocenters. The van der Waals surface area contributed by atoms with Crippen molar-refractivity contribution >= 4 is 0 Å². The van der Waals surface area contributed by atoms with Crippen molar-refractivity contribution in [2.45, 2.75) is 18.9 Å². The van der Waals surface area contributed by atoms with Gasteiger partial charge in [0.15, 0.2) is 0 Å². The van der Waals surface area contributed by atoms with E-state index in [1.807, 2.05) is 12.1 Å². The second-order valence-electron chi connectivity index (χ2n) is 3.71. The third-order valence-electron chi connectivity index (χ3n) is 2.67. The lowest BCUT2D eigenvalue weighted by atomic mass is 9.92. The molecule has 14 heavy (non-hydrogen) atoms. The largest absolute Gasteiger partial charge is 0.388 e. The lowest BCUT2D eigenvalue weighted by Crippen LogP contribution is -2.23. The molecule has 0 amide bonds. The predicted octanol–water partition coefficient (Wildman–Crippen LogP) is 1.54. The zero-order valence-corrected chi connectivity index (χ0v) is 8.10. The maximum atomic E-state index is 10.0. The summed E-state index contributed by atoms with van der Waals surface area (Å²) in [6, 6.07) is 3.76. The molecule has 1 fully saturated rings. The summed E-state index contributed by atoms with van der Waals surface area (Å²) >= 11 is 0. The van der Waals surface area contributed by atoms with Gasteiger partial charge in [-0.25, -0.2) is 0 Å². The Balaban J connectivity index is 2.03. The molecule has 3 heteroatoms. The molecule has 2 unspecified atom stereocenters. The van der Waals surface area contributed by atoms with Crippen LogP contribution in [0, 0.1) is 5.92 Å². The van der Waals surface area contributed by atoms with Crippen molar-refractivity contribution in [1.29, 1.82) is 0 Å². The van der Waals surface area contributed by atoms with E-state index >= 15 is 0 Å². The molecule has 0 bridgehead atoms. The summed E-state index contributed by atoms with van der Waals surface area (Å²) in [5.74, 6) is 0.230. The van der Waals surface area contributed by atoms with E-state index in [1.165, 1.54) is 0 Å². The fourth-order valence-corrected chi connectivity index (χ4v) is 1.84. The van der Waals surface area contributed by atoms with E-state index in [4.69, 9.17) is 4.74 Å². The second-order valence-corrected chi connectivity index (χ2v) is 3.71. The zero-order chi connectivity index (χ0) is 9.80. The molecule has 3 nitrogen and oxygen atoms in total. The second kappa shape index (κ2) is 4.53. The molecule has 1 aliphatic rings. The lowest BCUT2D eigenvalue weighted by Gasteiger charge is -2.26. The van der Waals surface area contributed by atoms with Gasteiger partial charge in [-0.05, 0) is 24.5 Å². The van der Waals surface area contributed by atoms with Crippen LogP contribution in [0.2, 0.25) is 0 Å². The van der Waals surface area contributed by atoms with E-state index in [2.05, 4.69) is 4.98 Å². The summed E-state index contributed by atoms with van der Waals surface area (Å²) in [7, 11) is 0. The van der Waals surface area contributed by atoms with E-state index in [0.717, 1.165) is 25.0 Å². The molecule has 1 aromatic rings. The standard InChI is InChI=1S/C11H15NO2/c13-11(9-3-1-5-12-7-9)10-4-2-6-14-8-10/h1,3,5,7,10-11,13H,2,4,6,8H2. The number of nitrogens with zero attached hydrogens (tertiary/aromatic N) is 1. The van der Waals surface area contributed by atoms with Gasteiger partial charge in [0, 0.05) is 24.9 Å². The van der Waals surface area contributed by atoms with Gasteiger partial charge in [-0.3, -0.25) is 4.98 Å². The van der Waals surface area contributed by atoms with Crippen LogP contribution in [0.25, 0.3) is 0 Å². The summed E-state index contributed by atoms with van der Waals surface area (Å²) < 4.78 is 5.34. The van der Waals surface area contributed by atoms with Gasteiger partial charge in [-0.1, -0.05) is 6.07 Å². The summed E-state index contributed by atoms with van der Waals surface area (Å²) in [4.78, 5) is 4.00. The van der Waals surface area contributed by atoms with E-state index in [0.29, 0.717) is 6.61 Å². The molecule has 2 rings (SSSR count). The van der Waals surface area contributed by atoms with Gasteiger partial charge in [-0.2, -0.15) is 0 Å². The van der Waals surface area contributed by atoms with E-state index in [-0.39, 0.29) is 5.92 Å². The van der Waals surface area contributed by atoms with Crippen LogP contribution in [-0.2, 0) is 4.74 Å². The third-order valence-corrected chi connectivity index (χ3v) is 2.67. The summed E-state index contributed by atoms with van der Waals surface area (Å²) in [5, 5.41) is 10.0. The van der Waals surface area contributed by atoms with Gasteiger partial charge in [0.2, 0.25) is 0 Å². The fourth-order valence-electron chi connectivity index (χ4n) is 1.84. The average molecular weight is 193 g/mol. The van der Waals surface area contributed by atoms with Crippen molar-refractivity contribution in [1.82, 2.24) is 4.98 Å². The molecule has 1 aromatic heterocycles. The smallest absolute Gasteiger partial charge is 0.0855 e. The van der Waals surface area contributed by atoms with E-state index < -0.39 is 6.10 Å². The monoisotopic (exact) mass is 193 g/mol. The average Bonchev–Trinajstić information content (AvgIpc) is 2.30. The van der Waals surface area contributed by atoms with Crippen molar-refractivity contribution in [2.24, 2.45) is 5.92 Å². The SMILES string of the molecule is OC(c1cccnc1)C1CCCOC1. The summed E-state index contributed by atoms with van der Waals surface area (Å²) in [6.45, 7) is 1.49. The fraction of sp³-hybridized carbons (Fsp3) is 0.545. The Hall–Kier alpha value is -0.930. The lowest BCUT2D eigenvalue weighted by molar-refractivity contribution is -0.0101. The predicted molar refractivity (Wildman–Crippen MR) is 52.7 cm³/mol. The number of pyridine rings is 1. The van der Waals surface area contributed by atoms with Gasteiger partial charge >= 0.3 is 0 Å². The molecule has 0 radical (unpaired) electrons. The number of ether oxygens (including phenoxy) is 1. The number of aromatic nitrogens is 1. The summed E-state index contributed by atoms with van der Waals surface area (Å²) in [5.41, 5.74) is 0.892. The van der Waals surface area contributed by atoms with E-state index in [9.17, 15) is 5.11 Å². The molecule has 0 aromatic carbocycles. The van der Waals surface area contributed by atoms with Crippen LogP contribution >= 0.6 is 0 Å². The van der Waals surface area contributed by atoms with Crippen molar-refractivity contribution in [3.05, 3.63) is 30.1 Å². The molecule has 76 valence electrons. The maximum absolute atomic E-state index is 10.0. The Labute approximate surface area is 83.7 Å². The van der Waals surface area contributed by atoms with Crippen LogP contribution in [0.3, 0.4) is 0 Å². The van der Waals surface area contributed by atoms with Gasteiger partial charge in [0.1, 0.15) is 0 Å². The molecule has 1 aliphatic heterocycles. The van der Waals surface area contributed by atoms with Crippen molar-refractivity contribution < 1.29 is 9.84 Å². The van der Waals surface area contributed by atoms with Crippen LogP contribution in [0.5, 0.6) is 0 Å². The number of aliphatic hydroxyl groups is 1. The van der Waals surface area contributed by atoms with Crippen molar-refractivity contribution in [2.75, 3.05) is 13.2 Å². The van der Waals surface area contributed by atoms with Crippen LogP contribution < -0.4 is 0 Å². The Kier molecular flexibility index (Phi) is 3.11. The molecular formula is C11H15NO2. The van der Waals surface area contributed by atoms with Gasteiger partial charge in [0.25, 0.3) is 0 Å². The molecular weight excluding hydrogens is 178 g/mol. The zero-order valence-electron chi connectivity index (χ0n) is 8.10. The Bertz CT molecular complexity index is 270. The number of aliphatic hydroxyl groups excluding tert-OH is 1. The molecule has 1 N–H and O–H groups in total. The van der Waals surface area contributed by atoms with Gasteiger partial charge in [-0.15, -0.1) is 0 Å². The molecule has 2 heterocycles. The highest BCUT2D eigenvalue weighted by Crippen LogP contribution is 2.27. The Morgan fingerprint density at radius 1 is 1.57 bits per heavy atom. The minimum Gasteiger partial charge on any atom is -0.388 e. The Morgan fingerprint density at radius 3 is 3.14 bits per heavy atom. The van der Waals surface area contributed by atoms with Crippen molar-refractivity contribution in [3.8, 4) is 0 Å². The summed E-state index contributed by atoms with van der Waals surface area (Å²) in [6.07, 6.45) is 5.09. The van der Waals surface area contributed by atoms with Crippen LogP contribution in [0.4, 0.5) is 0 Å². The normalized spacial score (nSPS) is 24.5. The van der Waals surface area contributed by atoms with Crippen LogP contribution in [-0.4, -0.2) is 23.3 Å². The van der Waals surface area contributed by atoms with Crippen molar-refractivity contribution in [3.63, 3.8) is 0 Å². The van der Waals surface area contributed by atoms with E-state index in [1.54, 1.807) is 12.4 Å². The first-order chi connectivity index (χ1) is 6.88. The number of rotatable bonds is 2. The minimum absolute atomic E-state index is 0.230. The minimum atomic E-state index is -0.427. The topological polar surface area (TPSA) is 42.4 Å². The highest BCUT2D eigenvalue weighted by molar-refractivity contribution is 5.12. The molecule has 0 aliphatic carbocycles. The molecule has 1 saturated heterocycles. The Morgan fingerprint density at radius 2 is 2.50 bits per heavy atom. The molecule has 0 saturated carbocycles. The quantitative estimate of drug-likeness (QED) is 0.774. The highest BCUT2D eigenvalue weighted by Gasteiger charge is 2.23. The maximum Gasteiger partial charge on any atom is 0.0855 e. The number of hydrogen-bond acceptors (Lipinski definition) is 3. The number of hydrogen-bond donors (Lipinski definition) is 1. The van der Waals surface area contributed by atoms with Crippen LogP contribution in [0.1, 0.15) is 24.5 Å².